The summed E-state index contributed by atoms with van der Waals surface area (Å²) >= 11 is 0. The Balaban J connectivity index is 2.02. The van der Waals surface area contributed by atoms with Crippen LogP contribution >= 0.6 is 0 Å². The highest BCUT2D eigenvalue weighted by atomic mass is 16.2. The zero-order chi connectivity index (χ0) is 15.5. The predicted molar refractivity (Wildman–Crippen MR) is 86.4 cm³/mol. The number of nitrogens with zero attached hydrogens (tertiary/aromatic N) is 2. The van der Waals surface area contributed by atoms with Gasteiger partial charge in [0.15, 0.2) is 0 Å². The van der Waals surface area contributed by atoms with Crippen LogP contribution in [-0.2, 0) is 4.79 Å². The molecule has 0 fully saturated rings. The molecule has 1 heterocycles. The average molecular weight is 292 g/mol. The van der Waals surface area contributed by atoms with Crippen molar-refractivity contribution >= 4 is 23.2 Å². The molecule has 0 atom stereocenters. The quantitative estimate of drug-likeness (QED) is 0.873. The molecule has 0 N–H and O–H groups in total. The zero-order valence-corrected chi connectivity index (χ0v) is 12.3. The van der Waals surface area contributed by atoms with Crippen molar-refractivity contribution in [3.63, 3.8) is 0 Å². The molecule has 0 radical (unpaired) electrons. The van der Waals surface area contributed by atoms with Crippen molar-refractivity contribution in [2.24, 2.45) is 4.99 Å². The second kappa shape index (κ2) is 5.93. The van der Waals surface area contributed by atoms with Crippen molar-refractivity contribution in [2.45, 2.75) is 13.3 Å². The molecule has 0 bridgehead atoms. The van der Waals surface area contributed by atoms with Crippen molar-refractivity contribution in [3.8, 4) is 0 Å². The number of amides is 2. The van der Waals surface area contributed by atoms with Crippen LogP contribution in [0.5, 0.6) is 0 Å². The van der Waals surface area contributed by atoms with E-state index in [4.69, 9.17) is 0 Å². The van der Waals surface area contributed by atoms with Crippen LogP contribution in [0.25, 0.3) is 0 Å². The van der Waals surface area contributed by atoms with E-state index in [9.17, 15) is 9.59 Å². The lowest BCUT2D eigenvalue weighted by Gasteiger charge is -2.14. The monoisotopic (exact) mass is 292 g/mol. The minimum atomic E-state index is -0.392. The van der Waals surface area contributed by atoms with Crippen LogP contribution in [0, 0.1) is 0 Å². The van der Waals surface area contributed by atoms with Gasteiger partial charge in [-0.3, -0.25) is 9.59 Å². The highest BCUT2D eigenvalue weighted by molar-refractivity contribution is 6.55. The molecule has 0 aliphatic carbocycles. The lowest BCUT2D eigenvalue weighted by Crippen LogP contribution is -2.31. The molecule has 0 spiro atoms. The summed E-state index contributed by atoms with van der Waals surface area (Å²) in [5, 5.41) is 0. The fourth-order valence-corrected chi connectivity index (χ4v) is 2.56. The summed E-state index contributed by atoms with van der Waals surface area (Å²) in [5.41, 5.74) is 2.27. The van der Waals surface area contributed by atoms with Crippen molar-refractivity contribution in [2.75, 3.05) is 11.4 Å². The van der Waals surface area contributed by atoms with E-state index >= 15 is 0 Å². The Hall–Kier alpha value is -2.75. The Morgan fingerprint density at radius 1 is 1.05 bits per heavy atom. The number of carbonyl (C=O) groups excluding carboxylic acids is 2. The summed E-state index contributed by atoms with van der Waals surface area (Å²) in [4.78, 5) is 30.6. The van der Waals surface area contributed by atoms with Gasteiger partial charge < -0.3 is 4.90 Å². The van der Waals surface area contributed by atoms with Gasteiger partial charge in [0.05, 0.1) is 5.69 Å². The Kier molecular flexibility index (Phi) is 3.83. The molecule has 0 aromatic heterocycles. The smallest absolute Gasteiger partial charge is 0.277 e. The molecule has 0 unspecified atom stereocenters. The van der Waals surface area contributed by atoms with E-state index in [1.807, 2.05) is 37.3 Å². The van der Waals surface area contributed by atoms with E-state index in [-0.39, 0.29) is 11.6 Å². The summed E-state index contributed by atoms with van der Waals surface area (Å²) in [6.07, 6.45) is 0.847. The molecular formula is C18H16N2O2. The van der Waals surface area contributed by atoms with Gasteiger partial charge in [-0.25, -0.2) is 4.99 Å². The standard InChI is InChI=1S/C18H16N2O2/c1-2-12-20-15-11-7-6-10-14(15)16(18(20)22)19-17(21)13-8-4-3-5-9-13/h3-11H,2,12H2,1H3/b19-16+. The topological polar surface area (TPSA) is 49.7 Å². The van der Waals surface area contributed by atoms with Crippen molar-refractivity contribution < 1.29 is 9.59 Å². The number of para-hydroxylation sites is 1. The molecule has 0 saturated carbocycles. The normalized spacial score (nSPS) is 15.2. The highest BCUT2D eigenvalue weighted by Crippen LogP contribution is 2.29. The maximum Gasteiger partial charge on any atom is 0.277 e. The van der Waals surface area contributed by atoms with E-state index < -0.39 is 5.91 Å². The first-order valence-electron chi connectivity index (χ1n) is 7.31. The van der Waals surface area contributed by atoms with Gasteiger partial charge in [-0.2, -0.15) is 0 Å². The fourth-order valence-electron chi connectivity index (χ4n) is 2.56. The summed E-state index contributed by atoms with van der Waals surface area (Å²) in [5.74, 6) is -0.593. The second-order valence-electron chi connectivity index (χ2n) is 5.11. The first kappa shape index (κ1) is 14.2. The zero-order valence-electron chi connectivity index (χ0n) is 12.3. The van der Waals surface area contributed by atoms with E-state index in [2.05, 4.69) is 4.99 Å². The Morgan fingerprint density at radius 3 is 2.45 bits per heavy atom. The molecule has 1 aliphatic rings. The van der Waals surface area contributed by atoms with Gasteiger partial charge in [0.25, 0.3) is 11.8 Å². The van der Waals surface area contributed by atoms with Crippen LogP contribution in [0.1, 0.15) is 29.3 Å². The van der Waals surface area contributed by atoms with Gasteiger partial charge >= 0.3 is 0 Å². The molecule has 1 aliphatic heterocycles. The van der Waals surface area contributed by atoms with E-state index in [1.54, 1.807) is 29.2 Å². The van der Waals surface area contributed by atoms with Crippen LogP contribution in [0.3, 0.4) is 0 Å². The summed E-state index contributed by atoms with van der Waals surface area (Å²) in [6, 6.07) is 16.2. The van der Waals surface area contributed by atoms with Crippen molar-refractivity contribution in [1.82, 2.24) is 0 Å². The van der Waals surface area contributed by atoms with Crippen LogP contribution in [0.15, 0.2) is 59.6 Å². The third kappa shape index (κ3) is 2.44. The van der Waals surface area contributed by atoms with Gasteiger partial charge in [0.1, 0.15) is 5.71 Å². The number of anilines is 1. The molecule has 4 nitrogen and oxygen atoms in total. The minimum absolute atomic E-state index is 0.202. The number of aliphatic imine (C=N–C) groups is 1. The molecule has 3 rings (SSSR count). The number of benzene rings is 2. The third-order valence-electron chi connectivity index (χ3n) is 3.58. The maximum absolute atomic E-state index is 12.6. The molecule has 2 aromatic carbocycles. The molecule has 22 heavy (non-hydrogen) atoms. The van der Waals surface area contributed by atoms with Crippen molar-refractivity contribution in [3.05, 3.63) is 65.7 Å². The van der Waals surface area contributed by atoms with E-state index in [0.717, 1.165) is 17.7 Å². The summed E-state index contributed by atoms with van der Waals surface area (Å²) < 4.78 is 0. The van der Waals surface area contributed by atoms with Crippen LogP contribution in [0.4, 0.5) is 5.69 Å². The number of carbonyl (C=O) groups is 2. The number of hydrogen-bond acceptors (Lipinski definition) is 2. The second-order valence-corrected chi connectivity index (χ2v) is 5.11. The van der Waals surface area contributed by atoms with Gasteiger partial charge in [-0.1, -0.05) is 43.3 Å². The molecule has 2 aromatic rings. The van der Waals surface area contributed by atoms with Crippen LogP contribution in [-0.4, -0.2) is 24.1 Å². The average Bonchev–Trinajstić information content (AvgIpc) is 2.82. The van der Waals surface area contributed by atoms with Gasteiger partial charge in [0.2, 0.25) is 0 Å². The predicted octanol–water partition coefficient (Wildman–Crippen LogP) is 3.07. The fraction of sp³-hybridized carbons (Fsp3) is 0.167. The first-order valence-corrected chi connectivity index (χ1v) is 7.31. The molecule has 0 saturated heterocycles. The lowest BCUT2D eigenvalue weighted by molar-refractivity contribution is -0.112. The van der Waals surface area contributed by atoms with Gasteiger partial charge in [-0.05, 0) is 24.6 Å². The van der Waals surface area contributed by atoms with Gasteiger partial charge in [-0.15, -0.1) is 0 Å². The first-order chi connectivity index (χ1) is 10.7. The molecule has 4 heteroatoms. The van der Waals surface area contributed by atoms with E-state index in [1.165, 1.54) is 0 Å². The molecular weight excluding hydrogens is 276 g/mol. The van der Waals surface area contributed by atoms with Gasteiger partial charge in [0, 0.05) is 17.7 Å². The Bertz CT molecular complexity index is 751. The van der Waals surface area contributed by atoms with E-state index in [0.29, 0.717) is 12.1 Å². The lowest BCUT2D eigenvalue weighted by atomic mass is 10.1. The SMILES string of the molecule is CCCN1C(=O)/C(=N/C(=O)c2ccccc2)c2ccccc21. The maximum atomic E-state index is 12.6. The largest absolute Gasteiger partial charge is 0.306 e. The molecule has 110 valence electrons. The third-order valence-corrected chi connectivity index (χ3v) is 3.58. The number of rotatable bonds is 3. The Morgan fingerprint density at radius 2 is 1.73 bits per heavy atom. The highest BCUT2D eigenvalue weighted by Gasteiger charge is 2.33. The Labute approximate surface area is 129 Å². The number of hydrogen-bond donors (Lipinski definition) is 0. The minimum Gasteiger partial charge on any atom is -0.306 e. The van der Waals surface area contributed by atoms with Crippen LogP contribution in [0.2, 0.25) is 0 Å². The van der Waals surface area contributed by atoms with Crippen LogP contribution < -0.4 is 4.90 Å². The number of fused-ring (bicyclic) bond motifs is 1. The molecule has 2 amide bonds. The summed E-state index contributed by atoms with van der Waals surface area (Å²) in [7, 11) is 0. The summed E-state index contributed by atoms with van der Waals surface area (Å²) in [6.45, 7) is 2.63. The van der Waals surface area contributed by atoms with Crippen molar-refractivity contribution in [1.29, 1.82) is 0 Å².